The Hall–Kier alpha value is -0.290. The Morgan fingerprint density at radius 2 is 1.68 bits per heavy atom. The summed E-state index contributed by atoms with van der Waals surface area (Å²) in [7, 11) is 0. The SMILES string of the molecule is O=C(Cc1ccc(Cl)c(Cl)c1)c1ccc(I)c(Cl)c1. The third kappa shape index (κ3) is 3.85. The topological polar surface area (TPSA) is 17.1 Å². The van der Waals surface area contributed by atoms with Crippen LogP contribution in [0.1, 0.15) is 15.9 Å². The maximum absolute atomic E-state index is 12.1. The van der Waals surface area contributed by atoms with Gasteiger partial charge in [0.2, 0.25) is 0 Å². The van der Waals surface area contributed by atoms with E-state index in [0.717, 1.165) is 9.13 Å². The van der Waals surface area contributed by atoms with Crippen molar-refractivity contribution in [2.45, 2.75) is 6.42 Å². The van der Waals surface area contributed by atoms with Gasteiger partial charge in [-0.1, -0.05) is 46.9 Å². The van der Waals surface area contributed by atoms with Crippen LogP contribution in [0, 0.1) is 3.57 Å². The molecule has 0 aliphatic rings. The molecule has 0 amide bonds. The second-order valence-corrected chi connectivity index (χ2v) is 6.36. The fraction of sp³-hybridized carbons (Fsp3) is 0.0714. The first-order valence-corrected chi connectivity index (χ1v) is 7.61. The van der Waals surface area contributed by atoms with Crippen molar-refractivity contribution in [1.29, 1.82) is 0 Å². The van der Waals surface area contributed by atoms with Crippen LogP contribution in [0.4, 0.5) is 0 Å². The third-order valence-corrected chi connectivity index (χ3v) is 4.90. The molecule has 0 fully saturated rings. The van der Waals surface area contributed by atoms with Crippen LogP contribution < -0.4 is 0 Å². The number of carbonyl (C=O) groups excluding carboxylic acids is 1. The van der Waals surface area contributed by atoms with E-state index < -0.39 is 0 Å². The van der Waals surface area contributed by atoms with Crippen molar-refractivity contribution >= 4 is 63.2 Å². The van der Waals surface area contributed by atoms with Gasteiger partial charge in [0.1, 0.15) is 0 Å². The minimum atomic E-state index is -0.00307. The summed E-state index contributed by atoms with van der Waals surface area (Å²) in [5, 5.41) is 1.52. The Morgan fingerprint density at radius 1 is 0.947 bits per heavy atom. The van der Waals surface area contributed by atoms with Gasteiger partial charge in [0.15, 0.2) is 5.78 Å². The van der Waals surface area contributed by atoms with Crippen LogP contribution in [0.2, 0.25) is 15.1 Å². The second kappa shape index (κ2) is 6.44. The predicted octanol–water partition coefficient (Wildman–Crippen LogP) is 5.68. The number of carbonyl (C=O) groups is 1. The standard InChI is InChI=1S/C14H8Cl3IO/c15-10-3-1-8(5-11(10)16)6-14(19)9-2-4-13(18)12(17)7-9/h1-5,7H,6H2. The molecule has 0 aliphatic carbocycles. The summed E-state index contributed by atoms with van der Waals surface area (Å²) in [6.07, 6.45) is 0.272. The number of ketones is 1. The largest absolute Gasteiger partial charge is 0.294 e. The van der Waals surface area contributed by atoms with Crippen molar-refractivity contribution in [1.82, 2.24) is 0 Å². The van der Waals surface area contributed by atoms with Gasteiger partial charge in [-0.25, -0.2) is 0 Å². The summed E-state index contributed by atoms with van der Waals surface area (Å²) in [6.45, 7) is 0. The van der Waals surface area contributed by atoms with Gasteiger partial charge in [-0.3, -0.25) is 4.79 Å². The summed E-state index contributed by atoms with van der Waals surface area (Å²) in [5.74, 6) is -0.00307. The zero-order valence-corrected chi connectivity index (χ0v) is 14.0. The molecule has 0 radical (unpaired) electrons. The highest BCUT2D eigenvalue weighted by atomic mass is 127. The average molecular weight is 425 g/mol. The zero-order valence-electron chi connectivity index (χ0n) is 9.59. The quantitative estimate of drug-likeness (QED) is 0.457. The van der Waals surface area contributed by atoms with Crippen LogP contribution in [0.3, 0.4) is 0 Å². The number of Topliss-reactive ketones (excluding diaryl/α,β-unsaturated/α-hetero) is 1. The molecule has 2 aromatic carbocycles. The Kier molecular flexibility index (Phi) is 5.12. The molecule has 0 aliphatic heterocycles. The fourth-order valence-corrected chi connectivity index (χ4v) is 2.44. The second-order valence-electron chi connectivity index (χ2n) is 3.98. The van der Waals surface area contributed by atoms with Crippen molar-refractivity contribution < 1.29 is 4.79 Å². The summed E-state index contributed by atoms with van der Waals surface area (Å²) >= 11 is 19.9. The van der Waals surface area contributed by atoms with Gasteiger partial charge < -0.3 is 0 Å². The lowest BCUT2D eigenvalue weighted by Crippen LogP contribution is -2.03. The number of hydrogen-bond donors (Lipinski definition) is 0. The zero-order chi connectivity index (χ0) is 14.0. The van der Waals surface area contributed by atoms with Crippen molar-refractivity contribution in [3.8, 4) is 0 Å². The molecule has 0 unspecified atom stereocenters. The molecule has 19 heavy (non-hydrogen) atoms. The molecule has 1 nitrogen and oxygen atoms in total. The predicted molar refractivity (Wildman–Crippen MR) is 88.7 cm³/mol. The molecule has 98 valence electrons. The van der Waals surface area contributed by atoms with Gasteiger partial charge in [-0.2, -0.15) is 0 Å². The first-order chi connectivity index (χ1) is 8.97. The van der Waals surface area contributed by atoms with E-state index in [1.165, 1.54) is 0 Å². The number of benzene rings is 2. The molecule has 0 saturated heterocycles. The smallest absolute Gasteiger partial charge is 0.167 e. The van der Waals surface area contributed by atoms with Gasteiger partial charge in [-0.05, 0) is 52.4 Å². The molecule has 5 heteroatoms. The van der Waals surface area contributed by atoms with Gasteiger partial charge in [0.25, 0.3) is 0 Å². The van der Waals surface area contributed by atoms with E-state index >= 15 is 0 Å². The van der Waals surface area contributed by atoms with E-state index in [9.17, 15) is 4.79 Å². The number of hydrogen-bond acceptors (Lipinski definition) is 1. The van der Waals surface area contributed by atoms with E-state index in [1.54, 1.807) is 30.3 Å². The average Bonchev–Trinajstić information content (AvgIpc) is 2.37. The van der Waals surface area contributed by atoms with Gasteiger partial charge >= 0.3 is 0 Å². The summed E-state index contributed by atoms with van der Waals surface area (Å²) < 4.78 is 0.922. The lowest BCUT2D eigenvalue weighted by molar-refractivity contribution is 0.0993. The highest BCUT2D eigenvalue weighted by Gasteiger charge is 2.10. The Bertz CT molecular complexity index is 641. The molecule has 0 aromatic heterocycles. The van der Waals surface area contributed by atoms with Gasteiger partial charge in [0, 0.05) is 15.6 Å². The fourth-order valence-electron chi connectivity index (χ4n) is 1.61. The minimum absolute atomic E-state index is 0.00307. The first-order valence-electron chi connectivity index (χ1n) is 5.39. The number of rotatable bonds is 3. The number of halogens is 4. The molecule has 0 heterocycles. The summed E-state index contributed by atoms with van der Waals surface area (Å²) in [5.41, 5.74) is 1.42. The molecule has 0 atom stereocenters. The monoisotopic (exact) mass is 424 g/mol. The lowest BCUT2D eigenvalue weighted by atomic mass is 10.0. The van der Waals surface area contributed by atoms with Crippen molar-refractivity contribution in [2.75, 3.05) is 0 Å². The van der Waals surface area contributed by atoms with Crippen molar-refractivity contribution in [2.24, 2.45) is 0 Å². The normalized spacial score (nSPS) is 10.5. The van der Waals surface area contributed by atoms with E-state index in [-0.39, 0.29) is 12.2 Å². The molecular weight excluding hydrogens is 417 g/mol. The Labute approximate surface area is 140 Å². The first kappa shape index (κ1) is 15.1. The molecule has 0 N–H and O–H groups in total. The van der Waals surface area contributed by atoms with Crippen molar-refractivity contribution in [3.05, 3.63) is 66.2 Å². The van der Waals surface area contributed by atoms with E-state index in [2.05, 4.69) is 22.6 Å². The maximum atomic E-state index is 12.1. The van der Waals surface area contributed by atoms with Crippen LogP contribution in [-0.2, 0) is 6.42 Å². The molecular formula is C14H8Cl3IO. The van der Waals surface area contributed by atoms with Crippen LogP contribution in [-0.4, -0.2) is 5.78 Å². The summed E-state index contributed by atoms with van der Waals surface area (Å²) in [6, 6.07) is 10.5. The summed E-state index contributed by atoms with van der Waals surface area (Å²) in [4.78, 5) is 12.1. The highest BCUT2D eigenvalue weighted by Crippen LogP contribution is 2.24. The van der Waals surface area contributed by atoms with Gasteiger partial charge in [-0.15, -0.1) is 0 Å². The van der Waals surface area contributed by atoms with E-state index in [1.807, 2.05) is 6.07 Å². The molecule has 0 bridgehead atoms. The molecule has 0 spiro atoms. The Balaban J connectivity index is 2.20. The van der Waals surface area contributed by atoms with Crippen LogP contribution in [0.25, 0.3) is 0 Å². The van der Waals surface area contributed by atoms with E-state index in [0.29, 0.717) is 20.6 Å². The van der Waals surface area contributed by atoms with Gasteiger partial charge in [0.05, 0.1) is 15.1 Å². The van der Waals surface area contributed by atoms with E-state index in [4.69, 9.17) is 34.8 Å². The van der Waals surface area contributed by atoms with Crippen LogP contribution in [0.15, 0.2) is 36.4 Å². The molecule has 0 saturated carbocycles. The third-order valence-electron chi connectivity index (χ3n) is 2.59. The molecule has 2 aromatic rings. The molecule has 2 rings (SSSR count). The Morgan fingerprint density at radius 3 is 2.32 bits per heavy atom. The lowest BCUT2D eigenvalue weighted by Gasteiger charge is -2.04. The van der Waals surface area contributed by atoms with Crippen LogP contribution in [0.5, 0.6) is 0 Å². The highest BCUT2D eigenvalue weighted by molar-refractivity contribution is 14.1. The van der Waals surface area contributed by atoms with Crippen LogP contribution >= 0.6 is 57.4 Å². The van der Waals surface area contributed by atoms with Crippen molar-refractivity contribution in [3.63, 3.8) is 0 Å². The maximum Gasteiger partial charge on any atom is 0.167 e. The minimum Gasteiger partial charge on any atom is -0.294 e.